The fraction of sp³-hybridized carbons (Fsp3) is 0.0143. The minimum Gasteiger partial charge on any atom is -0.456 e. The lowest BCUT2D eigenvalue weighted by atomic mass is 9.82. The van der Waals surface area contributed by atoms with Gasteiger partial charge in [0, 0.05) is 37.9 Å². The van der Waals surface area contributed by atoms with Gasteiger partial charge in [-0.3, -0.25) is 0 Å². The summed E-state index contributed by atoms with van der Waals surface area (Å²) >= 11 is 0. The Morgan fingerprint density at radius 2 is 0.448 bits per heavy atom. The quantitative estimate of drug-likeness (QED) is 0.121. The molecule has 29 aromatic rings. The summed E-state index contributed by atoms with van der Waals surface area (Å²) in [6.07, 6.45) is 0. The highest BCUT2D eigenvalue weighted by molar-refractivity contribution is 6.29. The summed E-state index contributed by atoms with van der Waals surface area (Å²) in [4.78, 5) is 0. The van der Waals surface area contributed by atoms with Crippen LogP contribution in [0.25, 0.3) is 285 Å². The van der Waals surface area contributed by atoms with Crippen molar-refractivity contribution in [2.75, 3.05) is 0 Å². The lowest BCUT2D eigenvalue weighted by molar-refractivity contribution is 0.668. The van der Waals surface area contributed by atoms with Crippen LogP contribution in [0.4, 0.5) is 0 Å². The summed E-state index contributed by atoms with van der Waals surface area (Å²) in [6, 6.07) is 74.5. The van der Waals surface area contributed by atoms with Gasteiger partial charge in [-0.2, -0.15) is 0 Å². The van der Waals surface area contributed by atoms with E-state index in [2.05, 4.69) is 18.2 Å². The van der Waals surface area contributed by atoms with Crippen LogP contribution in [0.15, 0.2) is 522 Å². The molecular formula is C140H90O3. The van der Waals surface area contributed by atoms with E-state index in [1.807, 2.05) is 281 Å². The number of hydrogen-bond donors (Lipinski definition) is 0. The first kappa shape index (κ1) is 55.2. The molecule has 0 amide bonds. The van der Waals surface area contributed by atoms with E-state index in [0.29, 0.717) is 77.1 Å². The molecule has 0 aliphatic heterocycles. The molecule has 0 radical (unpaired) electrons. The number of rotatable bonds is 11. The van der Waals surface area contributed by atoms with E-state index >= 15 is 0 Å². The van der Waals surface area contributed by atoms with Gasteiger partial charge in [0.1, 0.15) is 33.5 Å². The van der Waals surface area contributed by atoms with Crippen LogP contribution >= 0.6 is 0 Å². The van der Waals surface area contributed by atoms with Crippen LogP contribution in [-0.4, -0.2) is 0 Å². The average molecular weight is 1860 g/mol. The van der Waals surface area contributed by atoms with Crippen molar-refractivity contribution in [3.63, 3.8) is 0 Å². The molecular weight excluding hydrogens is 1730 g/mol. The number of furan rings is 3. The highest BCUT2D eigenvalue weighted by Gasteiger charge is 2.28. The predicted molar refractivity (Wildman–Crippen MR) is 608 cm³/mol. The zero-order valence-corrected chi connectivity index (χ0v) is 76.0. The van der Waals surface area contributed by atoms with Gasteiger partial charge in [-0.1, -0.05) is 430 Å². The van der Waals surface area contributed by atoms with E-state index in [-0.39, 0.29) is 99.3 Å². The third kappa shape index (κ3) is 14.3. The first-order valence-corrected chi connectivity index (χ1v) is 46.4. The lowest BCUT2D eigenvalue weighted by Crippen LogP contribution is -1.94. The first-order chi connectivity index (χ1) is 85.3. The van der Waals surface area contributed by atoms with E-state index in [1.165, 1.54) is 0 Å². The Labute approximate surface area is 876 Å². The molecule has 0 aliphatic carbocycles. The van der Waals surface area contributed by atoms with Crippen molar-refractivity contribution in [2.45, 2.75) is 13.8 Å². The molecule has 0 bridgehead atoms. The minimum absolute atomic E-state index is 0.0636. The monoisotopic (exact) mass is 1850 g/mol. The van der Waals surface area contributed by atoms with Gasteiger partial charge < -0.3 is 13.3 Å². The third-order valence-electron chi connectivity index (χ3n) is 27.3. The molecule has 3 heteroatoms. The number of aryl methyl sites for hydroxylation is 2. The zero-order valence-electron chi connectivity index (χ0n) is 111. The molecule has 0 atom stereocenters. The summed E-state index contributed by atoms with van der Waals surface area (Å²) in [5.74, 6) is 0. The van der Waals surface area contributed by atoms with Gasteiger partial charge in [-0.05, 0) is 318 Å². The lowest BCUT2D eigenvalue weighted by Gasteiger charge is -2.21. The Bertz CT molecular complexity index is 12300. The van der Waals surface area contributed by atoms with Crippen molar-refractivity contribution in [1.29, 1.82) is 0 Å². The van der Waals surface area contributed by atoms with Gasteiger partial charge in [0.05, 0.1) is 48.0 Å². The topological polar surface area (TPSA) is 39.4 Å². The standard InChI is InChI=1S/2C48H30O.C44H30O/c1-3-15-31(16-4-1)36-27-28-44-48(41-25-13-14-26-43(41)49-44)46(36)34-29-33-19-7-8-20-35(33)42(30-34)47-39-23-11-9-21-37(39)45(32-17-5-2-6-18-32)38-22-10-12-24-40(38)47;1-3-14-31(15-4-1)37-24-13-25-45-48(37)43-29-33(26-27-44(43)49-45)35-28-34-18-7-8-19-36(34)42(30-35)47-40-22-11-9-20-38(40)46(32-16-5-2-6-17-32)39-21-10-12-23-41(39)47;1-27-23-37-38(24-28(27)2)43(35-18-9-8-17-34(35)42(37)29-13-4-3-5-14-29)39-26-31(25-30-15-6-7-16-32(30)39)33-20-12-22-41-44(33)36-19-10-11-21-40(36)45-41/h2*1-30H;3-26H,1-2H3/i2D,5D,6D,9D,10D,11D,12D,17D,18D,21D,22D,23D,24D;2D,5D,6D,9D,10D,11D,12D,16D,17D,20D,21D,22D,23D;3D,4D,5D,8D,9D,13D,14D,17D,18D. The molecule has 29 rings (SSSR count). The summed E-state index contributed by atoms with van der Waals surface area (Å²) in [7, 11) is 0. The van der Waals surface area contributed by atoms with Crippen LogP contribution in [0.3, 0.4) is 0 Å². The van der Waals surface area contributed by atoms with E-state index in [0.717, 1.165) is 121 Å². The fourth-order valence-electron chi connectivity index (χ4n) is 21.0. The van der Waals surface area contributed by atoms with Gasteiger partial charge in [0.2, 0.25) is 0 Å². The molecule has 0 N–H and O–H groups in total. The van der Waals surface area contributed by atoms with Crippen molar-refractivity contribution in [1.82, 2.24) is 0 Å². The maximum atomic E-state index is 9.55. The molecule has 0 saturated carbocycles. The van der Waals surface area contributed by atoms with Crippen LogP contribution < -0.4 is 0 Å². The number of fused-ring (bicyclic) bond motifs is 18. The Morgan fingerprint density at radius 3 is 0.895 bits per heavy atom. The van der Waals surface area contributed by atoms with E-state index < -0.39 is 211 Å². The Morgan fingerprint density at radius 1 is 0.147 bits per heavy atom. The molecule has 0 aliphatic rings. The summed E-state index contributed by atoms with van der Waals surface area (Å²) < 4.78 is 333. The van der Waals surface area contributed by atoms with Crippen molar-refractivity contribution < 1.29 is 61.2 Å². The minimum atomic E-state index is -0.720. The van der Waals surface area contributed by atoms with E-state index in [9.17, 15) is 13.7 Å². The summed E-state index contributed by atoms with van der Waals surface area (Å²) in [6.45, 7) is 3.89. The third-order valence-corrected chi connectivity index (χ3v) is 27.3. The average Bonchev–Trinajstić information content (AvgIpc) is 0.720. The molecule has 26 aromatic carbocycles. The highest BCUT2D eigenvalue weighted by Crippen LogP contribution is 2.55. The molecule has 3 aromatic heterocycles. The number of para-hydroxylation sites is 2. The zero-order chi connectivity index (χ0) is 125. The van der Waals surface area contributed by atoms with Crippen LogP contribution in [-0.2, 0) is 0 Å². The molecule has 0 saturated heterocycles. The van der Waals surface area contributed by atoms with Crippen LogP contribution in [0.1, 0.15) is 59.1 Å². The normalized spacial score (nSPS) is 15.1. The molecule has 0 unspecified atom stereocenters. The van der Waals surface area contributed by atoms with Gasteiger partial charge in [0.15, 0.2) is 0 Å². The van der Waals surface area contributed by atoms with Crippen molar-refractivity contribution in [2.24, 2.45) is 0 Å². The largest absolute Gasteiger partial charge is 0.456 e. The fourth-order valence-corrected chi connectivity index (χ4v) is 21.0. The summed E-state index contributed by atoms with van der Waals surface area (Å²) in [5, 5.41) is 9.61. The second-order valence-corrected chi connectivity index (χ2v) is 35.2. The molecule has 3 nitrogen and oxygen atoms in total. The molecule has 0 fully saturated rings. The highest BCUT2D eigenvalue weighted by atomic mass is 16.3. The summed E-state index contributed by atoms with van der Waals surface area (Å²) in [5.41, 5.74) is 15.1. The van der Waals surface area contributed by atoms with E-state index in [4.69, 9.17) is 47.5 Å². The second kappa shape index (κ2) is 34.9. The van der Waals surface area contributed by atoms with Crippen LogP contribution in [0.2, 0.25) is 0 Å². The Kier molecular flexibility index (Phi) is 13.4. The van der Waals surface area contributed by atoms with Gasteiger partial charge in [-0.25, -0.2) is 0 Å². The number of hydrogen-bond acceptors (Lipinski definition) is 3. The van der Waals surface area contributed by atoms with Crippen LogP contribution in [0.5, 0.6) is 0 Å². The second-order valence-electron chi connectivity index (χ2n) is 35.2. The molecule has 668 valence electrons. The SMILES string of the molecule is [2H]c1c([2H])c([2H])c(-c2c3c([2H])c([2H])c([2H])c([2H])c3c(-c3cc(-c4c(-c5ccccc5)ccc5oc6ccccc6c45)cc4ccccc34)c3c([2H])c([2H])c([2H])c([2H])c23)c([2H])c1[2H].[2H]c1c([2H])c([2H])c(-c2c3c([2H])c([2H])c([2H])c([2H])c3c(-c3cc(-c4ccc5oc6cccc(-c7ccccc7)c6c5c4)cc4ccccc34)c3c([2H])c([2H])c([2H])c([2H])c23)c([2H])c1[2H].[2H]c1c([2H])c([2H])c(-c2c3cc(C)c(C)cc3c(-c3cc(-c4cccc5oc6ccccc6c45)cc4ccccc34)c3c([2H])c([2H])c([2H])c([2H])c23)c([2H])c1[2H]. The Hall–Kier alpha value is -18.5. The molecule has 0 spiro atoms. The Balaban J connectivity index is 0.000000126. The first-order valence-electron chi connectivity index (χ1n) is 63.9. The van der Waals surface area contributed by atoms with Gasteiger partial charge in [-0.15, -0.1) is 0 Å². The molecule has 143 heavy (non-hydrogen) atoms. The smallest absolute Gasteiger partial charge is 0.136 e. The van der Waals surface area contributed by atoms with Crippen LogP contribution in [0, 0.1) is 13.8 Å². The van der Waals surface area contributed by atoms with Crippen molar-refractivity contribution >= 4 is 163 Å². The van der Waals surface area contributed by atoms with Crippen molar-refractivity contribution in [3.05, 3.63) is 520 Å². The van der Waals surface area contributed by atoms with Crippen molar-refractivity contribution in [3.8, 4) is 122 Å². The molecule has 3 heterocycles. The van der Waals surface area contributed by atoms with Gasteiger partial charge in [0.25, 0.3) is 0 Å². The predicted octanol–water partition coefficient (Wildman–Crippen LogP) is 40.1. The maximum absolute atomic E-state index is 9.55. The van der Waals surface area contributed by atoms with Gasteiger partial charge >= 0.3 is 0 Å². The maximum Gasteiger partial charge on any atom is 0.136 e. The number of benzene rings is 26. The van der Waals surface area contributed by atoms with E-state index in [1.54, 1.807) is 12.1 Å².